The van der Waals surface area contributed by atoms with E-state index in [2.05, 4.69) is 5.32 Å². The van der Waals surface area contributed by atoms with Crippen molar-refractivity contribution in [2.75, 3.05) is 5.32 Å². The second-order valence-electron chi connectivity index (χ2n) is 5.13. The van der Waals surface area contributed by atoms with Gasteiger partial charge in [0.25, 0.3) is 0 Å². The minimum absolute atomic E-state index is 0.0130. The molecule has 1 rings (SSSR count). The highest BCUT2D eigenvalue weighted by Crippen LogP contribution is 2.32. The zero-order chi connectivity index (χ0) is 14.7. The molecule has 1 N–H and O–H groups in total. The molecular weight excluding hydrogens is 253 g/mol. The van der Waals surface area contributed by atoms with Crippen LogP contribution in [0, 0.1) is 11.3 Å². The van der Waals surface area contributed by atoms with Gasteiger partial charge in [0.1, 0.15) is 6.07 Å². The fourth-order valence-electron chi connectivity index (χ4n) is 1.97. The lowest BCUT2D eigenvalue weighted by atomic mass is 9.97. The van der Waals surface area contributed by atoms with Gasteiger partial charge in [0, 0.05) is 5.54 Å². The molecule has 0 spiro atoms. The third-order valence-corrected chi connectivity index (χ3v) is 2.82. The molecular formula is C14H17F3N2. The van der Waals surface area contributed by atoms with E-state index in [0.717, 1.165) is 25.0 Å². The smallest absolute Gasteiger partial charge is 0.379 e. The fraction of sp³-hybridized carbons (Fsp3) is 0.500. The average Bonchev–Trinajstić information content (AvgIpc) is 2.27. The van der Waals surface area contributed by atoms with Gasteiger partial charge in [-0.2, -0.15) is 18.4 Å². The Morgan fingerprint density at radius 2 is 1.89 bits per heavy atom. The van der Waals surface area contributed by atoms with Crippen LogP contribution in [0.2, 0.25) is 0 Å². The van der Waals surface area contributed by atoms with Crippen molar-refractivity contribution in [3.05, 3.63) is 29.3 Å². The first-order chi connectivity index (χ1) is 8.69. The standard InChI is InChI=1S/C14H17F3N2/c1-4-7-13(2,3)19-12-6-5-11(14(15,16)17)8-10(12)9-18/h5-6,8,19H,4,7H2,1-3H3. The van der Waals surface area contributed by atoms with E-state index in [1.807, 2.05) is 26.8 Å². The molecule has 0 aliphatic heterocycles. The summed E-state index contributed by atoms with van der Waals surface area (Å²) in [7, 11) is 0. The summed E-state index contributed by atoms with van der Waals surface area (Å²) in [6.45, 7) is 5.94. The van der Waals surface area contributed by atoms with E-state index in [0.29, 0.717) is 5.69 Å². The normalized spacial score (nSPS) is 12.1. The van der Waals surface area contributed by atoms with Crippen molar-refractivity contribution in [2.45, 2.75) is 45.3 Å². The van der Waals surface area contributed by atoms with Crippen LogP contribution in [0.3, 0.4) is 0 Å². The van der Waals surface area contributed by atoms with Crippen molar-refractivity contribution in [3.8, 4) is 6.07 Å². The van der Waals surface area contributed by atoms with Crippen molar-refractivity contribution in [2.24, 2.45) is 0 Å². The average molecular weight is 270 g/mol. The number of rotatable bonds is 4. The monoisotopic (exact) mass is 270 g/mol. The molecule has 0 aliphatic rings. The first kappa shape index (κ1) is 15.4. The summed E-state index contributed by atoms with van der Waals surface area (Å²) in [5.74, 6) is 0. The number of alkyl halides is 3. The summed E-state index contributed by atoms with van der Waals surface area (Å²) >= 11 is 0. The molecule has 0 fully saturated rings. The largest absolute Gasteiger partial charge is 0.416 e. The van der Waals surface area contributed by atoms with Crippen LogP contribution < -0.4 is 5.32 Å². The molecule has 1 aromatic carbocycles. The van der Waals surface area contributed by atoms with E-state index in [9.17, 15) is 13.2 Å². The molecule has 1 aromatic rings. The zero-order valence-electron chi connectivity index (χ0n) is 11.2. The maximum absolute atomic E-state index is 12.6. The Balaban J connectivity index is 3.08. The molecule has 0 amide bonds. The topological polar surface area (TPSA) is 35.8 Å². The van der Waals surface area contributed by atoms with Gasteiger partial charge < -0.3 is 5.32 Å². The van der Waals surface area contributed by atoms with Crippen molar-refractivity contribution in [3.63, 3.8) is 0 Å². The lowest BCUT2D eigenvalue weighted by Gasteiger charge is -2.28. The van der Waals surface area contributed by atoms with Crippen LogP contribution >= 0.6 is 0 Å². The highest BCUT2D eigenvalue weighted by Gasteiger charge is 2.31. The molecule has 0 aromatic heterocycles. The number of hydrogen-bond donors (Lipinski definition) is 1. The molecule has 0 bridgehead atoms. The molecule has 0 heterocycles. The van der Waals surface area contributed by atoms with Crippen LogP contribution in [0.5, 0.6) is 0 Å². The number of benzene rings is 1. The summed E-state index contributed by atoms with van der Waals surface area (Å²) in [6, 6.07) is 5.00. The van der Waals surface area contributed by atoms with E-state index >= 15 is 0 Å². The quantitative estimate of drug-likeness (QED) is 0.870. The molecule has 0 atom stereocenters. The summed E-state index contributed by atoms with van der Waals surface area (Å²) in [5.41, 5.74) is -0.615. The first-order valence-electron chi connectivity index (χ1n) is 6.09. The Kier molecular flexibility index (Phi) is 4.46. The van der Waals surface area contributed by atoms with Crippen LogP contribution in [0.15, 0.2) is 18.2 Å². The van der Waals surface area contributed by atoms with Gasteiger partial charge >= 0.3 is 6.18 Å². The predicted octanol–water partition coefficient (Wildman–Crippen LogP) is 4.57. The maximum atomic E-state index is 12.6. The molecule has 0 saturated carbocycles. The van der Waals surface area contributed by atoms with Crippen LogP contribution in [0.25, 0.3) is 0 Å². The highest BCUT2D eigenvalue weighted by atomic mass is 19.4. The molecule has 0 unspecified atom stereocenters. The van der Waals surface area contributed by atoms with Crippen molar-refractivity contribution < 1.29 is 13.2 Å². The van der Waals surface area contributed by atoms with Gasteiger partial charge in [-0.1, -0.05) is 13.3 Å². The summed E-state index contributed by atoms with van der Waals surface area (Å²) in [5, 5.41) is 12.1. The SMILES string of the molecule is CCCC(C)(C)Nc1ccc(C(F)(F)F)cc1C#N. The number of nitrogens with one attached hydrogen (secondary N) is 1. The van der Waals surface area contributed by atoms with Crippen LogP contribution in [0.1, 0.15) is 44.7 Å². The lowest BCUT2D eigenvalue weighted by Crippen LogP contribution is -2.30. The second kappa shape index (κ2) is 5.52. The van der Waals surface area contributed by atoms with E-state index < -0.39 is 11.7 Å². The third kappa shape index (κ3) is 4.16. The molecule has 104 valence electrons. The van der Waals surface area contributed by atoms with Gasteiger partial charge in [0.05, 0.1) is 16.8 Å². The summed E-state index contributed by atoms with van der Waals surface area (Å²) in [4.78, 5) is 0. The Morgan fingerprint density at radius 1 is 1.26 bits per heavy atom. The Morgan fingerprint density at radius 3 is 2.37 bits per heavy atom. The lowest BCUT2D eigenvalue weighted by molar-refractivity contribution is -0.137. The number of nitrogens with zero attached hydrogens (tertiary/aromatic N) is 1. The van der Waals surface area contributed by atoms with E-state index in [4.69, 9.17) is 5.26 Å². The van der Waals surface area contributed by atoms with Gasteiger partial charge in [0.2, 0.25) is 0 Å². The Labute approximate surface area is 111 Å². The van der Waals surface area contributed by atoms with Gasteiger partial charge in [0.15, 0.2) is 0 Å². The van der Waals surface area contributed by atoms with Gasteiger partial charge in [-0.05, 0) is 38.5 Å². The predicted molar refractivity (Wildman–Crippen MR) is 68.8 cm³/mol. The second-order valence-corrected chi connectivity index (χ2v) is 5.13. The van der Waals surface area contributed by atoms with Crippen LogP contribution in [0.4, 0.5) is 18.9 Å². The molecule has 2 nitrogen and oxygen atoms in total. The van der Waals surface area contributed by atoms with E-state index in [1.54, 1.807) is 0 Å². The Hall–Kier alpha value is -1.70. The Bertz CT molecular complexity index is 484. The van der Waals surface area contributed by atoms with Crippen molar-refractivity contribution >= 4 is 5.69 Å². The zero-order valence-corrected chi connectivity index (χ0v) is 11.2. The number of anilines is 1. The minimum Gasteiger partial charge on any atom is -0.379 e. The number of halogens is 3. The summed E-state index contributed by atoms with van der Waals surface area (Å²) in [6.07, 6.45) is -2.62. The van der Waals surface area contributed by atoms with Crippen LogP contribution in [-0.2, 0) is 6.18 Å². The van der Waals surface area contributed by atoms with E-state index in [-0.39, 0.29) is 11.1 Å². The molecule has 0 saturated heterocycles. The van der Waals surface area contributed by atoms with Crippen LogP contribution in [-0.4, -0.2) is 5.54 Å². The van der Waals surface area contributed by atoms with Crippen molar-refractivity contribution in [1.82, 2.24) is 0 Å². The van der Waals surface area contributed by atoms with Crippen molar-refractivity contribution in [1.29, 1.82) is 5.26 Å². The number of hydrogen-bond acceptors (Lipinski definition) is 2. The first-order valence-corrected chi connectivity index (χ1v) is 6.09. The molecule has 19 heavy (non-hydrogen) atoms. The van der Waals surface area contributed by atoms with Gasteiger partial charge in [-0.25, -0.2) is 0 Å². The van der Waals surface area contributed by atoms with E-state index in [1.165, 1.54) is 6.07 Å². The minimum atomic E-state index is -4.43. The third-order valence-electron chi connectivity index (χ3n) is 2.82. The molecule has 5 heteroatoms. The maximum Gasteiger partial charge on any atom is 0.416 e. The molecule has 0 radical (unpaired) electrons. The fourth-order valence-corrected chi connectivity index (χ4v) is 1.97. The summed E-state index contributed by atoms with van der Waals surface area (Å²) < 4.78 is 37.7. The number of nitriles is 1. The van der Waals surface area contributed by atoms with Gasteiger partial charge in [-0.15, -0.1) is 0 Å². The highest BCUT2D eigenvalue weighted by molar-refractivity contribution is 5.60. The van der Waals surface area contributed by atoms with Gasteiger partial charge in [-0.3, -0.25) is 0 Å². The molecule has 0 aliphatic carbocycles.